The molecule has 1 amide bonds. The fourth-order valence-electron chi connectivity index (χ4n) is 2.60. The van der Waals surface area contributed by atoms with Crippen LogP contribution in [-0.4, -0.2) is 50.5 Å². The number of benzene rings is 1. The van der Waals surface area contributed by atoms with Crippen LogP contribution < -0.4 is 10.6 Å². The topological polar surface area (TPSA) is 56.7 Å². The highest BCUT2D eigenvalue weighted by Crippen LogP contribution is 2.49. The van der Waals surface area contributed by atoms with Gasteiger partial charge >= 0.3 is 0 Å². The van der Waals surface area contributed by atoms with Gasteiger partial charge in [-0.15, -0.1) is 24.0 Å². The molecule has 1 saturated carbocycles. The van der Waals surface area contributed by atoms with Gasteiger partial charge < -0.3 is 15.5 Å². The van der Waals surface area contributed by atoms with Crippen LogP contribution in [-0.2, 0) is 10.2 Å². The Balaban J connectivity index is 0.00000338. The summed E-state index contributed by atoms with van der Waals surface area (Å²) in [6, 6.07) is 8.41. The van der Waals surface area contributed by atoms with Crippen LogP contribution in [0.4, 0.5) is 0 Å². The number of amides is 1. The summed E-state index contributed by atoms with van der Waals surface area (Å²) < 4.78 is 1.16. The van der Waals surface area contributed by atoms with E-state index in [1.165, 1.54) is 5.56 Å². The molecule has 2 N–H and O–H groups in total. The Labute approximate surface area is 182 Å². The van der Waals surface area contributed by atoms with Gasteiger partial charge in [-0.2, -0.15) is 0 Å². The van der Waals surface area contributed by atoms with Crippen LogP contribution in [0.15, 0.2) is 33.7 Å². The van der Waals surface area contributed by atoms with Gasteiger partial charge in [-0.25, -0.2) is 4.99 Å². The van der Waals surface area contributed by atoms with Gasteiger partial charge in [0.2, 0.25) is 5.91 Å². The number of nitrogens with one attached hydrogen (secondary N) is 2. The average molecular weight is 537 g/mol. The Bertz CT molecular complexity index is 630. The van der Waals surface area contributed by atoms with E-state index in [9.17, 15) is 4.79 Å². The molecule has 7 heteroatoms. The van der Waals surface area contributed by atoms with Gasteiger partial charge in [-0.05, 0) is 30.4 Å². The highest BCUT2D eigenvalue weighted by Gasteiger charge is 2.45. The molecule has 0 aromatic heterocycles. The van der Waals surface area contributed by atoms with E-state index in [0.29, 0.717) is 11.9 Å². The minimum Gasteiger partial charge on any atom is -0.356 e. The van der Waals surface area contributed by atoms with Gasteiger partial charge in [0.1, 0.15) is 6.54 Å². The Kier molecular flexibility index (Phi) is 9.36. The monoisotopic (exact) mass is 536 g/mol. The van der Waals surface area contributed by atoms with Crippen molar-refractivity contribution in [3.63, 3.8) is 0 Å². The highest BCUT2D eigenvalue weighted by atomic mass is 127. The molecule has 1 aliphatic rings. The molecular weight excluding hydrogens is 507 g/mol. The Morgan fingerprint density at radius 1 is 1.27 bits per heavy atom. The van der Waals surface area contributed by atoms with Gasteiger partial charge in [0.15, 0.2) is 5.96 Å². The van der Waals surface area contributed by atoms with Crippen molar-refractivity contribution in [1.82, 2.24) is 15.5 Å². The van der Waals surface area contributed by atoms with Crippen LogP contribution in [0.1, 0.15) is 32.3 Å². The highest BCUT2D eigenvalue weighted by molar-refractivity contribution is 14.0. The van der Waals surface area contributed by atoms with Crippen molar-refractivity contribution in [2.24, 2.45) is 10.9 Å². The van der Waals surface area contributed by atoms with E-state index in [-0.39, 0.29) is 41.8 Å². The van der Waals surface area contributed by atoms with Gasteiger partial charge in [0.25, 0.3) is 0 Å². The van der Waals surface area contributed by atoms with Gasteiger partial charge in [0, 0.05) is 37.1 Å². The predicted octanol–water partition coefficient (Wildman–Crippen LogP) is 3.38. The van der Waals surface area contributed by atoms with Crippen LogP contribution in [0, 0.1) is 5.92 Å². The van der Waals surface area contributed by atoms with E-state index in [4.69, 9.17) is 0 Å². The predicted molar refractivity (Wildman–Crippen MR) is 122 cm³/mol. The zero-order valence-electron chi connectivity index (χ0n) is 16.0. The summed E-state index contributed by atoms with van der Waals surface area (Å²) >= 11 is 3.67. The maximum Gasteiger partial charge on any atom is 0.243 e. The molecule has 1 aromatic carbocycles. The molecule has 0 radical (unpaired) electrons. The minimum absolute atomic E-state index is 0. The van der Waals surface area contributed by atoms with Gasteiger partial charge in [-0.3, -0.25) is 4.79 Å². The summed E-state index contributed by atoms with van der Waals surface area (Å²) in [6.45, 7) is 6.10. The third-order valence-corrected chi connectivity index (χ3v) is 5.13. The quantitative estimate of drug-likeness (QED) is 0.319. The lowest BCUT2D eigenvalue weighted by Crippen LogP contribution is -2.43. The zero-order valence-corrected chi connectivity index (χ0v) is 19.9. The van der Waals surface area contributed by atoms with Crippen LogP contribution in [0.3, 0.4) is 0 Å². The fourth-order valence-corrected chi connectivity index (χ4v) is 3.30. The van der Waals surface area contributed by atoms with E-state index >= 15 is 0 Å². The van der Waals surface area contributed by atoms with Gasteiger partial charge in [0.05, 0.1) is 0 Å². The molecule has 5 nitrogen and oxygen atoms in total. The number of aliphatic imine (C=N–C) groups is 1. The van der Waals surface area contributed by atoms with E-state index in [1.807, 2.05) is 6.07 Å². The molecule has 1 aromatic rings. The Morgan fingerprint density at radius 2 is 1.92 bits per heavy atom. The summed E-state index contributed by atoms with van der Waals surface area (Å²) in [5.41, 5.74) is 1.50. The lowest BCUT2D eigenvalue weighted by molar-refractivity contribution is -0.127. The third kappa shape index (κ3) is 6.72. The lowest BCUT2D eigenvalue weighted by Gasteiger charge is -2.21. The summed E-state index contributed by atoms with van der Waals surface area (Å²) in [5, 5.41) is 6.78. The Morgan fingerprint density at radius 3 is 2.46 bits per heavy atom. The first kappa shape index (κ1) is 23.2. The number of likely N-dealkylation sites (N-methyl/N-ethyl adjacent to an activating group) is 1. The molecule has 1 fully saturated rings. The second-order valence-electron chi connectivity index (χ2n) is 7.34. The number of carbonyl (C=O) groups is 1. The van der Waals surface area contributed by atoms with E-state index < -0.39 is 0 Å². The molecule has 1 aliphatic carbocycles. The molecule has 0 unspecified atom stereocenters. The largest absolute Gasteiger partial charge is 0.356 e. The maximum atomic E-state index is 11.8. The van der Waals surface area contributed by atoms with Crippen LogP contribution >= 0.6 is 39.9 Å². The molecule has 0 heterocycles. The maximum absolute atomic E-state index is 11.8. The smallest absolute Gasteiger partial charge is 0.243 e. The number of rotatable bonds is 7. The van der Waals surface area contributed by atoms with E-state index in [1.54, 1.807) is 19.0 Å². The number of nitrogens with zero attached hydrogens (tertiary/aromatic N) is 2. The van der Waals surface area contributed by atoms with Crippen molar-refractivity contribution < 1.29 is 4.79 Å². The van der Waals surface area contributed by atoms with Crippen LogP contribution in [0.2, 0.25) is 0 Å². The Hall–Kier alpha value is -0.830. The fraction of sp³-hybridized carbons (Fsp3) is 0.579. The first-order valence-corrected chi connectivity index (χ1v) is 9.61. The minimum atomic E-state index is -0.00224. The molecule has 0 spiro atoms. The lowest BCUT2D eigenvalue weighted by atomic mass is 9.96. The first-order valence-electron chi connectivity index (χ1n) is 8.81. The molecule has 26 heavy (non-hydrogen) atoms. The summed E-state index contributed by atoms with van der Waals surface area (Å²) in [7, 11) is 3.50. The van der Waals surface area contributed by atoms with Crippen molar-refractivity contribution in [2.75, 3.05) is 33.7 Å². The summed E-state index contributed by atoms with van der Waals surface area (Å²) in [6.07, 6.45) is 2.33. The van der Waals surface area contributed by atoms with E-state index in [0.717, 1.165) is 30.4 Å². The van der Waals surface area contributed by atoms with Crippen molar-refractivity contribution in [3.8, 4) is 0 Å². The van der Waals surface area contributed by atoms with Crippen LogP contribution in [0.5, 0.6) is 0 Å². The first-order chi connectivity index (χ1) is 11.8. The van der Waals surface area contributed by atoms with Gasteiger partial charge in [-0.1, -0.05) is 48.0 Å². The molecule has 0 bridgehead atoms. The normalized spacial score (nSPS) is 15.2. The van der Waals surface area contributed by atoms with Crippen molar-refractivity contribution >= 4 is 51.8 Å². The van der Waals surface area contributed by atoms with Crippen LogP contribution in [0.25, 0.3) is 0 Å². The number of guanidine groups is 1. The molecule has 0 atom stereocenters. The molecule has 146 valence electrons. The number of carbonyl (C=O) groups excluding carboxylic acids is 1. The molecular formula is C19H30BrIN4O. The van der Waals surface area contributed by atoms with Crippen molar-refractivity contribution in [2.45, 2.75) is 32.1 Å². The summed E-state index contributed by atoms with van der Waals surface area (Å²) in [5.74, 6) is 1.22. The molecule has 2 rings (SSSR count). The zero-order chi connectivity index (χ0) is 18.4. The van der Waals surface area contributed by atoms with Crippen molar-refractivity contribution in [1.29, 1.82) is 0 Å². The number of hydrogen-bond acceptors (Lipinski definition) is 2. The van der Waals surface area contributed by atoms with Crippen molar-refractivity contribution in [3.05, 3.63) is 34.3 Å². The molecule has 0 aliphatic heterocycles. The number of halogens is 2. The average Bonchev–Trinajstić information content (AvgIpc) is 3.34. The molecule has 0 saturated heterocycles. The second-order valence-corrected chi connectivity index (χ2v) is 8.20. The SMILES string of the molecule is CC(C)CNC(=NCC(=O)N(C)C)NCC1(c2ccccc2Br)CC1.I. The third-order valence-electron chi connectivity index (χ3n) is 4.44. The number of hydrogen-bond donors (Lipinski definition) is 2. The van der Waals surface area contributed by atoms with E-state index in [2.05, 4.69) is 63.6 Å². The second kappa shape index (κ2) is 10.5. The standard InChI is InChI=1S/C19H29BrN4O.HI/c1-14(2)11-21-18(22-12-17(25)24(3)4)23-13-19(9-10-19)15-7-5-6-8-16(15)20;/h5-8,14H,9-13H2,1-4H3,(H2,21,22,23);1H. The summed E-state index contributed by atoms with van der Waals surface area (Å²) in [4.78, 5) is 17.8.